The number of ether oxygens (including phenoxy) is 2. The summed E-state index contributed by atoms with van der Waals surface area (Å²) >= 11 is 6.00. The van der Waals surface area contributed by atoms with Gasteiger partial charge in [-0.3, -0.25) is 9.48 Å². The van der Waals surface area contributed by atoms with Crippen LogP contribution in [-0.4, -0.2) is 29.3 Å². The molecule has 0 radical (unpaired) electrons. The molecule has 0 aliphatic heterocycles. The Kier molecular flexibility index (Phi) is 7.54. The van der Waals surface area contributed by atoms with Gasteiger partial charge in [0, 0.05) is 24.6 Å². The highest BCUT2D eigenvalue weighted by molar-refractivity contribution is 6.32. The molecule has 0 unspecified atom stereocenters. The summed E-state index contributed by atoms with van der Waals surface area (Å²) in [5, 5.41) is 6.21. The van der Waals surface area contributed by atoms with Crippen LogP contribution in [0.5, 0.6) is 11.5 Å². The van der Waals surface area contributed by atoms with Crippen LogP contribution in [0.1, 0.15) is 52.5 Å². The number of halogens is 4. The van der Waals surface area contributed by atoms with Gasteiger partial charge >= 0.3 is 6.18 Å². The van der Waals surface area contributed by atoms with E-state index < -0.39 is 11.9 Å². The van der Waals surface area contributed by atoms with E-state index in [-0.39, 0.29) is 36.5 Å². The lowest BCUT2D eigenvalue weighted by Gasteiger charge is -2.11. The molecular formula is C25H25ClF3N3O3. The number of aromatic nitrogens is 2. The first-order valence-electron chi connectivity index (χ1n) is 11.2. The third-order valence-electron chi connectivity index (χ3n) is 5.65. The molecule has 1 amide bonds. The van der Waals surface area contributed by atoms with Crippen molar-refractivity contribution in [3.8, 4) is 11.5 Å². The van der Waals surface area contributed by atoms with Gasteiger partial charge in [-0.1, -0.05) is 35.9 Å². The standard InChI is InChI=1S/C25H25ClF3N3O3/c1-34-19-8-2-3-9-20(19)35-15-16-6-4-7-18(14-16)24(33)30-12-5-13-32-22(17-10-11-17)21(26)23(31-32)25(27,28)29/h2-4,6-9,14,17H,5,10-13,15H2,1H3,(H,30,33). The first-order chi connectivity index (χ1) is 16.8. The highest BCUT2D eigenvalue weighted by atomic mass is 35.5. The number of nitrogens with one attached hydrogen (secondary N) is 1. The second-order valence-corrected chi connectivity index (χ2v) is 8.67. The molecule has 3 aromatic rings. The molecule has 2 aromatic carbocycles. The van der Waals surface area contributed by atoms with E-state index in [1.165, 1.54) is 4.68 Å². The Balaban J connectivity index is 1.31. The average Bonchev–Trinajstić information content (AvgIpc) is 3.62. The Morgan fingerprint density at radius 3 is 2.60 bits per heavy atom. The number of carbonyl (C=O) groups is 1. The fourth-order valence-electron chi connectivity index (χ4n) is 3.79. The summed E-state index contributed by atoms with van der Waals surface area (Å²) in [5.41, 5.74) is 0.667. The van der Waals surface area contributed by atoms with E-state index >= 15 is 0 Å². The third-order valence-corrected chi connectivity index (χ3v) is 6.02. The Morgan fingerprint density at radius 2 is 1.91 bits per heavy atom. The number of hydrogen-bond donors (Lipinski definition) is 1. The normalized spacial score (nSPS) is 13.5. The van der Waals surface area contributed by atoms with Crippen molar-refractivity contribution in [3.63, 3.8) is 0 Å². The minimum Gasteiger partial charge on any atom is -0.493 e. The average molecular weight is 508 g/mol. The summed E-state index contributed by atoms with van der Waals surface area (Å²) in [6.07, 6.45) is -2.58. The zero-order chi connectivity index (χ0) is 25.0. The van der Waals surface area contributed by atoms with Crippen LogP contribution in [-0.2, 0) is 19.3 Å². The van der Waals surface area contributed by atoms with Crippen LogP contribution in [0.4, 0.5) is 13.2 Å². The predicted octanol–water partition coefficient (Wildman–Crippen LogP) is 5.84. The molecule has 1 aliphatic carbocycles. The van der Waals surface area contributed by atoms with Gasteiger partial charge in [-0.25, -0.2) is 0 Å². The van der Waals surface area contributed by atoms with Crippen molar-refractivity contribution in [1.29, 1.82) is 0 Å². The molecule has 186 valence electrons. The van der Waals surface area contributed by atoms with Gasteiger partial charge in [-0.05, 0) is 49.1 Å². The number of amides is 1. The lowest BCUT2D eigenvalue weighted by atomic mass is 10.1. The summed E-state index contributed by atoms with van der Waals surface area (Å²) < 4.78 is 52.0. The van der Waals surface area contributed by atoms with Crippen molar-refractivity contribution in [2.75, 3.05) is 13.7 Å². The number of carbonyl (C=O) groups excluding carboxylic acids is 1. The van der Waals surface area contributed by atoms with Crippen molar-refractivity contribution in [3.05, 3.63) is 76.1 Å². The number of nitrogens with zero attached hydrogens (tertiary/aromatic N) is 2. The van der Waals surface area contributed by atoms with E-state index in [9.17, 15) is 18.0 Å². The van der Waals surface area contributed by atoms with Gasteiger partial charge in [0.25, 0.3) is 5.91 Å². The quantitative estimate of drug-likeness (QED) is 0.350. The smallest absolute Gasteiger partial charge is 0.436 e. The van der Waals surface area contributed by atoms with Crippen LogP contribution in [0.25, 0.3) is 0 Å². The van der Waals surface area contributed by atoms with Crippen molar-refractivity contribution in [2.24, 2.45) is 0 Å². The number of benzene rings is 2. The molecule has 0 saturated heterocycles. The van der Waals surface area contributed by atoms with Gasteiger partial charge in [0.05, 0.1) is 17.8 Å². The van der Waals surface area contributed by atoms with Crippen LogP contribution < -0.4 is 14.8 Å². The molecule has 6 nitrogen and oxygen atoms in total. The number of rotatable bonds is 10. The topological polar surface area (TPSA) is 65.4 Å². The van der Waals surface area contributed by atoms with Crippen LogP contribution in [0, 0.1) is 0 Å². The molecule has 0 bridgehead atoms. The Morgan fingerprint density at radius 1 is 1.17 bits per heavy atom. The Hall–Kier alpha value is -3.20. The largest absolute Gasteiger partial charge is 0.493 e. The van der Waals surface area contributed by atoms with E-state index in [2.05, 4.69) is 10.4 Å². The second-order valence-electron chi connectivity index (χ2n) is 8.29. The maximum atomic E-state index is 13.2. The fourth-order valence-corrected chi connectivity index (χ4v) is 4.18. The Labute approximate surface area is 206 Å². The predicted molar refractivity (Wildman–Crippen MR) is 125 cm³/mol. The van der Waals surface area contributed by atoms with E-state index in [0.717, 1.165) is 18.4 Å². The molecule has 10 heteroatoms. The molecule has 1 fully saturated rings. The first-order valence-corrected chi connectivity index (χ1v) is 11.6. The number of aryl methyl sites for hydroxylation is 1. The van der Waals surface area contributed by atoms with E-state index in [1.54, 1.807) is 37.4 Å². The first kappa shape index (κ1) is 24.9. The maximum absolute atomic E-state index is 13.2. The van der Waals surface area contributed by atoms with Crippen LogP contribution in [0.15, 0.2) is 48.5 Å². The summed E-state index contributed by atoms with van der Waals surface area (Å²) in [6.45, 7) is 0.769. The van der Waals surface area contributed by atoms with Gasteiger partial charge in [-0.2, -0.15) is 18.3 Å². The molecule has 1 saturated carbocycles. The molecule has 0 atom stereocenters. The van der Waals surface area contributed by atoms with Gasteiger partial charge < -0.3 is 14.8 Å². The summed E-state index contributed by atoms with van der Waals surface area (Å²) in [5.74, 6) is 0.956. The monoisotopic (exact) mass is 507 g/mol. The number of alkyl halides is 3. The van der Waals surface area contributed by atoms with Gasteiger partial charge in [-0.15, -0.1) is 0 Å². The minimum atomic E-state index is -4.60. The Bertz CT molecular complexity index is 1190. The molecule has 1 heterocycles. The molecular weight excluding hydrogens is 483 g/mol. The maximum Gasteiger partial charge on any atom is 0.436 e. The van der Waals surface area contributed by atoms with Crippen molar-refractivity contribution >= 4 is 17.5 Å². The fraction of sp³-hybridized carbons (Fsp3) is 0.360. The molecule has 4 rings (SSSR count). The number of hydrogen-bond acceptors (Lipinski definition) is 4. The summed E-state index contributed by atoms with van der Waals surface area (Å²) in [4.78, 5) is 12.6. The van der Waals surface area contributed by atoms with E-state index in [1.807, 2.05) is 18.2 Å². The van der Waals surface area contributed by atoms with Gasteiger partial charge in [0.1, 0.15) is 6.61 Å². The van der Waals surface area contributed by atoms with E-state index in [0.29, 0.717) is 29.2 Å². The van der Waals surface area contributed by atoms with Crippen LogP contribution in [0.3, 0.4) is 0 Å². The van der Waals surface area contributed by atoms with E-state index in [4.69, 9.17) is 21.1 Å². The molecule has 1 aromatic heterocycles. The lowest BCUT2D eigenvalue weighted by molar-refractivity contribution is -0.141. The lowest BCUT2D eigenvalue weighted by Crippen LogP contribution is -2.25. The zero-order valence-electron chi connectivity index (χ0n) is 19.1. The molecule has 1 aliphatic rings. The highest BCUT2D eigenvalue weighted by Gasteiger charge is 2.41. The molecule has 0 spiro atoms. The molecule has 1 N–H and O–H groups in total. The van der Waals surface area contributed by atoms with Crippen LogP contribution in [0.2, 0.25) is 5.02 Å². The third kappa shape index (κ3) is 6.08. The van der Waals surface area contributed by atoms with Crippen molar-refractivity contribution < 1.29 is 27.4 Å². The van der Waals surface area contributed by atoms with Gasteiger partial charge in [0.2, 0.25) is 0 Å². The second kappa shape index (κ2) is 10.6. The minimum absolute atomic E-state index is 0.0153. The summed E-state index contributed by atoms with van der Waals surface area (Å²) in [6, 6.07) is 14.3. The van der Waals surface area contributed by atoms with Crippen molar-refractivity contribution in [1.82, 2.24) is 15.1 Å². The number of methoxy groups -OCH3 is 1. The molecule has 35 heavy (non-hydrogen) atoms. The highest BCUT2D eigenvalue weighted by Crippen LogP contribution is 2.46. The summed E-state index contributed by atoms with van der Waals surface area (Å²) in [7, 11) is 1.57. The number of para-hydroxylation sites is 2. The SMILES string of the molecule is COc1ccccc1OCc1cccc(C(=O)NCCCn2nc(C(F)(F)F)c(Cl)c2C2CC2)c1. The van der Waals surface area contributed by atoms with Gasteiger partial charge in [0.15, 0.2) is 17.2 Å². The van der Waals surface area contributed by atoms with Crippen molar-refractivity contribution in [2.45, 2.75) is 44.5 Å². The zero-order valence-corrected chi connectivity index (χ0v) is 19.8. The van der Waals surface area contributed by atoms with Crippen LogP contribution >= 0.6 is 11.6 Å².